The largest absolute Gasteiger partial charge is 0.0654 e. The van der Waals surface area contributed by atoms with E-state index >= 15 is 0 Å². The SMILES string of the molecule is CCCCCCCCc1ccccc1Cc1ccc(Cc2ccccc2C)cc1. The molecule has 0 spiro atoms. The first kappa shape index (κ1) is 21.4. The van der Waals surface area contributed by atoms with Gasteiger partial charge in [-0.25, -0.2) is 0 Å². The molecule has 29 heavy (non-hydrogen) atoms. The van der Waals surface area contributed by atoms with Crippen molar-refractivity contribution in [2.24, 2.45) is 0 Å². The van der Waals surface area contributed by atoms with E-state index in [9.17, 15) is 0 Å². The topological polar surface area (TPSA) is 0 Å². The molecule has 0 aliphatic rings. The van der Waals surface area contributed by atoms with E-state index in [4.69, 9.17) is 0 Å². The molecular formula is C29H36. The van der Waals surface area contributed by atoms with Crippen molar-refractivity contribution in [3.05, 3.63) is 106 Å². The lowest BCUT2D eigenvalue weighted by Gasteiger charge is -2.11. The Balaban J connectivity index is 1.56. The van der Waals surface area contributed by atoms with Crippen LogP contribution in [0.25, 0.3) is 0 Å². The Hall–Kier alpha value is -2.34. The van der Waals surface area contributed by atoms with Crippen molar-refractivity contribution in [1.29, 1.82) is 0 Å². The predicted octanol–water partition coefficient (Wildman–Crippen LogP) is 8.08. The normalized spacial score (nSPS) is 11.0. The Labute approximate surface area is 178 Å². The molecule has 0 fully saturated rings. The minimum Gasteiger partial charge on any atom is -0.0654 e. The second-order valence-electron chi connectivity index (χ2n) is 8.38. The molecule has 0 aromatic heterocycles. The number of hydrogen-bond acceptors (Lipinski definition) is 0. The number of rotatable bonds is 11. The van der Waals surface area contributed by atoms with Gasteiger partial charge in [0.2, 0.25) is 0 Å². The molecule has 0 bridgehead atoms. The van der Waals surface area contributed by atoms with Crippen LogP contribution in [0.1, 0.15) is 78.8 Å². The van der Waals surface area contributed by atoms with Gasteiger partial charge in [-0.05, 0) is 66.0 Å². The van der Waals surface area contributed by atoms with Gasteiger partial charge in [-0.3, -0.25) is 0 Å². The van der Waals surface area contributed by atoms with Crippen LogP contribution in [0.15, 0.2) is 72.8 Å². The first-order valence-corrected chi connectivity index (χ1v) is 11.5. The molecule has 0 nitrogen and oxygen atoms in total. The van der Waals surface area contributed by atoms with E-state index in [1.54, 1.807) is 0 Å². The molecule has 0 saturated carbocycles. The molecule has 3 aromatic rings. The minimum atomic E-state index is 1.02. The molecule has 0 amide bonds. The molecule has 152 valence electrons. The molecule has 0 heteroatoms. The maximum atomic E-state index is 2.33. The van der Waals surface area contributed by atoms with E-state index < -0.39 is 0 Å². The molecule has 0 aliphatic carbocycles. The molecule has 0 N–H and O–H groups in total. The number of hydrogen-bond donors (Lipinski definition) is 0. The van der Waals surface area contributed by atoms with Gasteiger partial charge in [0.15, 0.2) is 0 Å². The molecule has 0 heterocycles. The lowest BCUT2D eigenvalue weighted by atomic mass is 9.94. The Morgan fingerprint density at radius 2 is 1.03 bits per heavy atom. The molecule has 0 aliphatic heterocycles. The zero-order chi connectivity index (χ0) is 20.3. The number of aryl methyl sites for hydroxylation is 2. The van der Waals surface area contributed by atoms with Crippen LogP contribution in [0.5, 0.6) is 0 Å². The summed E-state index contributed by atoms with van der Waals surface area (Å²) < 4.78 is 0. The van der Waals surface area contributed by atoms with Crippen LogP contribution < -0.4 is 0 Å². The van der Waals surface area contributed by atoms with Crippen molar-refractivity contribution in [2.75, 3.05) is 0 Å². The van der Waals surface area contributed by atoms with E-state index in [1.807, 2.05) is 0 Å². The molecule has 3 rings (SSSR count). The highest BCUT2D eigenvalue weighted by Crippen LogP contribution is 2.19. The zero-order valence-corrected chi connectivity index (χ0v) is 18.3. The average molecular weight is 385 g/mol. The van der Waals surface area contributed by atoms with Crippen LogP contribution in [0.3, 0.4) is 0 Å². The Morgan fingerprint density at radius 3 is 1.69 bits per heavy atom. The maximum absolute atomic E-state index is 2.33. The van der Waals surface area contributed by atoms with Gasteiger partial charge in [-0.1, -0.05) is 112 Å². The predicted molar refractivity (Wildman–Crippen MR) is 127 cm³/mol. The quantitative estimate of drug-likeness (QED) is 0.293. The summed E-state index contributed by atoms with van der Waals surface area (Å²) in [7, 11) is 0. The summed E-state index contributed by atoms with van der Waals surface area (Å²) in [6.45, 7) is 4.48. The van der Waals surface area contributed by atoms with Crippen molar-refractivity contribution in [2.45, 2.75) is 71.6 Å². The monoisotopic (exact) mass is 384 g/mol. The third-order valence-electron chi connectivity index (χ3n) is 5.99. The average Bonchev–Trinajstić information content (AvgIpc) is 2.75. The first-order valence-electron chi connectivity index (χ1n) is 11.5. The number of benzene rings is 3. The lowest BCUT2D eigenvalue weighted by Crippen LogP contribution is -1.97. The van der Waals surface area contributed by atoms with Crippen LogP contribution in [-0.2, 0) is 19.3 Å². The van der Waals surface area contributed by atoms with Crippen LogP contribution in [0, 0.1) is 6.92 Å². The van der Waals surface area contributed by atoms with Crippen LogP contribution in [0.4, 0.5) is 0 Å². The third-order valence-corrected chi connectivity index (χ3v) is 5.99. The number of unbranched alkanes of at least 4 members (excludes halogenated alkanes) is 5. The Bertz CT molecular complexity index is 857. The van der Waals surface area contributed by atoms with Gasteiger partial charge in [-0.15, -0.1) is 0 Å². The summed E-state index contributed by atoms with van der Waals surface area (Å²) in [5.74, 6) is 0. The fraction of sp³-hybridized carbons (Fsp3) is 0.379. The zero-order valence-electron chi connectivity index (χ0n) is 18.3. The van der Waals surface area contributed by atoms with E-state index in [0.717, 1.165) is 12.8 Å². The van der Waals surface area contributed by atoms with E-state index in [0.29, 0.717) is 0 Å². The van der Waals surface area contributed by atoms with Gasteiger partial charge >= 0.3 is 0 Å². The first-order chi connectivity index (χ1) is 14.3. The standard InChI is InChI=1S/C29H36/c1-3-4-5-6-7-8-14-27-15-11-12-17-29(27)23-26-20-18-25(19-21-26)22-28-16-10-9-13-24(28)2/h9-13,15-21H,3-8,14,22-23H2,1-2H3. The molecular weight excluding hydrogens is 348 g/mol. The second kappa shape index (κ2) is 11.6. The fourth-order valence-corrected chi connectivity index (χ4v) is 4.09. The highest BCUT2D eigenvalue weighted by atomic mass is 14.1. The summed E-state index contributed by atoms with van der Waals surface area (Å²) >= 11 is 0. The van der Waals surface area contributed by atoms with Crippen molar-refractivity contribution >= 4 is 0 Å². The lowest BCUT2D eigenvalue weighted by molar-refractivity contribution is 0.607. The molecule has 3 aromatic carbocycles. The minimum absolute atomic E-state index is 1.02. The van der Waals surface area contributed by atoms with E-state index in [2.05, 4.69) is 86.6 Å². The van der Waals surface area contributed by atoms with Crippen LogP contribution in [0.2, 0.25) is 0 Å². The van der Waals surface area contributed by atoms with Crippen molar-refractivity contribution < 1.29 is 0 Å². The summed E-state index contributed by atoms with van der Waals surface area (Å²) in [5.41, 5.74) is 8.63. The molecule has 0 unspecified atom stereocenters. The second-order valence-corrected chi connectivity index (χ2v) is 8.38. The summed E-state index contributed by atoms with van der Waals surface area (Å²) in [6.07, 6.45) is 11.4. The highest BCUT2D eigenvalue weighted by molar-refractivity contribution is 5.36. The van der Waals surface area contributed by atoms with Crippen molar-refractivity contribution in [1.82, 2.24) is 0 Å². The summed E-state index contributed by atoms with van der Waals surface area (Å²) in [6, 6.07) is 26.9. The molecule has 0 radical (unpaired) electrons. The van der Waals surface area contributed by atoms with Crippen LogP contribution in [-0.4, -0.2) is 0 Å². The van der Waals surface area contributed by atoms with Gasteiger partial charge < -0.3 is 0 Å². The van der Waals surface area contributed by atoms with Crippen molar-refractivity contribution in [3.8, 4) is 0 Å². The van der Waals surface area contributed by atoms with E-state index in [1.165, 1.54) is 78.3 Å². The maximum Gasteiger partial charge on any atom is -0.00230 e. The van der Waals surface area contributed by atoms with Crippen LogP contribution >= 0.6 is 0 Å². The Morgan fingerprint density at radius 1 is 0.517 bits per heavy atom. The molecule has 0 atom stereocenters. The summed E-state index contributed by atoms with van der Waals surface area (Å²) in [4.78, 5) is 0. The van der Waals surface area contributed by atoms with Crippen molar-refractivity contribution in [3.63, 3.8) is 0 Å². The van der Waals surface area contributed by atoms with Gasteiger partial charge in [0.05, 0.1) is 0 Å². The van der Waals surface area contributed by atoms with Gasteiger partial charge in [0.25, 0.3) is 0 Å². The third kappa shape index (κ3) is 6.89. The summed E-state index contributed by atoms with van der Waals surface area (Å²) in [5, 5.41) is 0. The highest BCUT2D eigenvalue weighted by Gasteiger charge is 2.05. The van der Waals surface area contributed by atoms with Gasteiger partial charge in [0.1, 0.15) is 0 Å². The van der Waals surface area contributed by atoms with Gasteiger partial charge in [0, 0.05) is 0 Å². The van der Waals surface area contributed by atoms with Gasteiger partial charge in [-0.2, -0.15) is 0 Å². The van der Waals surface area contributed by atoms with E-state index in [-0.39, 0.29) is 0 Å². The Kier molecular flexibility index (Phi) is 8.56. The smallest absolute Gasteiger partial charge is 0.00230 e. The molecule has 0 saturated heterocycles. The fourth-order valence-electron chi connectivity index (χ4n) is 4.09.